The van der Waals surface area contributed by atoms with E-state index in [1.807, 2.05) is 0 Å². The molecule has 0 saturated carbocycles. The van der Waals surface area contributed by atoms with Crippen LogP contribution in [0.25, 0.3) is 0 Å². The molecule has 0 aromatic rings. The van der Waals surface area contributed by atoms with Crippen LogP contribution in [0.2, 0.25) is 0 Å². The van der Waals surface area contributed by atoms with Crippen molar-refractivity contribution in [2.75, 3.05) is 39.6 Å². The number of hydrogen-bond acceptors (Lipinski definition) is 15. The molecule has 0 bridgehead atoms. The Balaban J connectivity index is 5.23. The average molecular weight is 1420 g/mol. The van der Waals surface area contributed by atoms with Crippen molar-refractivity contribution < 1.29 is 80.2 Å². The number of phosphoric acid groups is 2. The van der Waals surface area contributed by atoms with E-state index >= 15 is 0 Å². The molecule has 3 N–H and O–H groups in total. The Bertz CT molecular complexity index is 1870. The van der Waals surface area contributed by atoms with Crippen molar-refractivity contribution in [3.63, 3.8) is 0 Å². The van der Waals surface area contributed by atoms with E-state index < -0.39 is 97.5 Å². The molecule has 0 aliphatic heterocycles. The lowest BCUT2D eigenvalue weighted by Crippen LogP contribution is -2.30. The fourth-order valence-electron chi connectivity index (χ4n) is 12.0. The molecule has 0 heterocycles. The lowest BCUT2D eigenvalue weighted by Gasteiger charge is -2.21. The van der Waals surface area contributed by atoms with Gasteiger partial charge in [-0.3, -0.25) is 37.3 Å². The standard InChI is InChI=1S/C78H152O17P2/c1-7-9-11-13-15-17-19-21-23-25-29-33-37-41-48-54-60-75(80)88-66-73(94-77(82)62-57-51-43-39-35-31-27-26-28-32-36-40-46-52-58-70(3)4)68-92-96(84,85)90-64-72(79)65-91-97(86,87)93-69-74(67-89-76(81)61-55-49-45-44-47-53-59-71(5)6)95-78(83)63-56-50-42-38-34-30-24-22-20-18-16-14-12-10-8-2/h70-74,79H,7-69H2,1-6H3,(H,84,85)(H,86,87)/t72-,73-,74-/m1/s1. The number of aliphatic hydroxyl groups is 1. The van der Waals surface area contributed by atoms with Crippen LogP contribution in [0.4, 0.5) is 0 Å². The molecule has 0 saturated heterocycles. The molecule has 0 amide bonds. The molecular weight excluding hydrogens is 1270 g/mol. The zero-order chi connectivity index (χ0) is 71.4. The van der Waals surface area contributed by atoms with Crippen molar-refractivity contribution >= 4 is 39.5 Å². The number of phosphoric ester groups is 2. The van der Waals surface area contributed by atoms with E-state index in [0.29, 0.717) is 31.6 Å². The molecule has 0 spiro atoms. The fourth-order valence-corrected chi connectivity index (χ4v) is 13.6. The maximum absolute atomic E-state index is 13.1. The van der Waals surface area contributed by atoms with E-state index in [-0.39, 0.29) is 25.7 Å². The van der Waals surface area contributed by atoms with Gasteiger partial charge in [0, 0.05) is 25.7 Å². The van der Waals surface area contributed by atoms with Crippen LogP contribution >= 0.6 is 15.6 Å². The second-order valence-corrected chi connectivity index (χ2v) is 32.0. The van der Waals surface area contributed by atoms with Crippen molar-refractivity contribution in [1.82, 2.24) is 0 Å². The van der Waals surface area contributed by atoms with Crippen molar-refractivity contribution in [1.29, 1.82) is 0 Å². The van der Waals surface area contributed by atoms with Crippen molar-refractivity contribution in [2.24, 2.45) is 11.8 Å². The minimum Gasteiger partial charge on any atom is -0.462 e. The van der Waals surface area contributed by atoms with Crippen molar-refractivity contribution in [3.05, 3.63) is 0 Å². The topological polar surface area (TPSA) is 237 Å². The van der Waals surface area contributed by atoms with Crippen molar-refractivity contribution in [3.8, 4) is 0 Å². The molecule has 5 atom stereocenters. The Morgan fingerprint density at radius 3 is 0.701 bits per heavy atom. The van der Waals surface area contributed by atoms with E-state index in [9.17, 15) is 43.2 Å². The number of unbranched alkanes of at least 4 members (excludes halogenated alkanes) is 47. The third kappa shape index (κ3) is 72.2. The van der Waals surface area contributed by atoms with Crippen LogP contribution < -0.4 is 0 Å². The minimum absolute atomic E-state index is 0.107. The molecule has 0 rings (SSSR count). The molecule has 2 unspecified atom stereocenters. The second kappa shape index (κ2) is 69.8. The third-order valence-electron chi connectivity index (χ3n) is 18.2. The zero-order valence-electron chi connectivity index (χ0n) is 63.4. The highest BCUT2D eigenvalue weighted by molar-refractivity contribution is 7.47. The second-order valence-electron chi connectivity index (χ2n) is 29.1. The van der Waals surface area contributed by atoms with Crippen LogP contribution in [0.3, 0.4) is 0 Å². The number of carbonyl (C=O) groups is 4. The first-order valence-corrected chi connectivity index (χ1v) is 43.5. The van der Waals surface area contributed by atoms with Crippen LogP contribution in [-0.2, 0) is 65.4 Å². The maximum atomic E-state index is 13.1. The summed E-state index contributed by atoms with van der Waals surface area (Å²) in [6, 6.07) is 0. The molecule has 17 nitrogen and oxygen atoms in total. The largest absolute Gasteiger partial charge is 0.472 e. The molecule has 97 heavy (non-hydrogen) atoms. The summed E-state index contributed by atoms with van der Waals surface area (Å²) in [5.41, 5.74) is 0. The summed E-state index contributed by atoms with van der Waals surface area (Å²) in [6.45, 7) is 9.56. The summed E-state index contributed by atoms with van der Waals surface area (Å²) in [6.07, 6.45) is 58.3. The summed E-state index contributed by atoms with van der Waals surface area (Å²) in [5.74, 6) is -0.638. The first-order chi connectivity index (χ1) is 46.9. The predicted molar refractivity (Wildman–Crippen MR) is 395 cm³/mol. The quantitative estimate of drug-likeness (QED) is 0.0222. The highest BCUT2D eigenvalue weighted by atomic mass is 31.2. The van der Waals surface area contributed by atoms with Crippen LogP contribution in [0.1, 0.15) is 408 Å². The van der Waals surface area contributed by atoms with Gasteiger partial charge in [0.2, 0.25) is 0 Å². The number of hydrogen-bond donors (Lipinski definition) is 3. The molecule has 0 radical (unpaired) electrons. The maximum Gasteiger partial charge on any atom is 0.472 e. The molecule has 0 fully saturated rings. The summed E-state index contributed by atoms with van der Waals surface area (Å²) in [7, 11) is -9.91. The van der Waals surface area contributed by atoms with Crippen molar-refractivity contribution in [2.45, 2.75) is 426 Å². The number of esters is 4. The summed E-state index contributed by atoms with van der Waals surface area (Å²) >= 11 is 0. The van der Waals surface area contributed by atoms with Gasteiger partial charge in [-0.05, 0) is 37.5 Å². The van der Waals surface area contributed by atoms with Crippen LogP contribution in [0.5, 0.6) is 0 Å². The van der Waals surface area contributed by atoms with Gasteiger partial charge in [0.1, 0.15) is 19.3 Å². The van der Waals surface area contributed by atoms with E-state index in [4.69, 9.17) is 37.0 Å². The third-order valence-corrected chi connectivity index (χ3v) is 20.1. The van der Waals surface area contributed by atoms with Crippen LogP contribution in [-0.4, -0.2) is 96.7 Å². The normalized spacial score (nSPS) is 14.0. The molecule has 576 valence electrons. The molecular formula is C78H152O17P2. The predicted octanol–water partition coefficient (Wildman–Crippen LogP) is 23.1. The first-order valence-electron chi connectivity index (χ1n) is 40.5. The number of aliphatic hydroxyl groups excluding tert-OH is 1. The Morgan fingerprint density at radius 1 is 0.278 bits per heavy atom. The molecule has 0 aromatic carbocycles. The zero-order valence-corrected chi connectivity index (χ0v) is 65.2. The lowest BCUT2D eigenvalue weighted by atomic mass is 10.0. The fraction of sp³-hybridized carbons (Fsp3) is 0.949. The Morgan fingerprint density at radius 2 is 0.474 bits per heavy atom. The van der Waals surface area contributed by atoms with Crippen LogP contribution in [0, 0.1) is 11.8 Å². The van der Waals surface area contributed by atoms with E-state index in [1.54, 1.807) is 0 Å². The van der Waals surface area contributed by atoms with Gasteiger partial charge in [-0.1, -0.05) is 356 Å². The Hall–Kier alpha value is -1.94. The smallest absolute Gasteiger partial charge is 0.462 e. The van der Waals surface area contributed by atoms with Gasteiger partial charge in [-0.2, -0.15) is 0 Å². The lowest BCUT2D eigenvalue weighted by molar-refractivity contribution is -0.161. The van der Waals surface area contributed by atoms with Gasteiger partial charge >= 0.3 is 39.5 Å². The molecule has 0 aliphatic rings. The highest BCUT2D eigenvalue weighted by Crippen LogP contribution is 2.45. The number of ether oxygens (including phenoxy) is 4. The summed E-state index contributed by atoms with van der Waals surface area (Å²) in [5, 5.41) is 10.6. The van der Waals surface area contributed by atoms with Gasteiger partial charge in [-0.25, -0.2) is 9.13 Å². The minimum atomic E-state index is -4.96. The average Bonchev–Trinajstić information content (AvgIpc) is 1.05. The molecule has 0 aliphatic carbocycles. The van der Waals surface area contributed by atoms with Crippen LogP contribution in [0.15, 0.2) is 0 Å². The molecule has 19 heteroatoms. The molecule has 0 aromatic heterocycles. The van der Waals surface area contributed by atoms with E-state index in [2.05, 4.69) is 41.5 Å². The summed E-state index contributed by atoms with van der Waals surface area (Å²) in [4.78, 5) is 72.9. The van der Waals surface area contributed by atoms with Gasteiger partial charge in [0.25, 0.3) is 0 Å². The van der Waals surface area contributed by atoms with Gasteiger partial charge < -0.3 is 33.8 Å². The highest BCUT2D eigenvalue weighted by Gasteiger charge is 2.30. The van der Waals surface area contributed by atoms with Gasteiger partial charge in [0.05, 0.1) is 26.4 Å². The van der Waals surface area contributed by atoms with E-state index in [1.165, 1.54) is 218 Å². The number of rotatable bonds is 77. The Labute approximate surface area is 594 Å². The van der Waals surface area contributed by atoms with Gasteiger partial charge in [0.15, 0.2) is 12.2 Å². The Kier molecular flexibility index (Phi) is 68.4. The first kappa shape index (κ1) is 95.1. The van der Waals surface area contributed by atoms with Gasteiger partial charge in [-0.15, -0.1) is 0 Å². The monoisotopic (exact) mass is 1420 g/mol. The number of carbonyl (C=O) groups excluding carboxylic acids is 4. The van der Waals surface area contributed by atoms with E-state index in [0.717, 1.165) is 102 Å². The SMILES string of the molecule is CCCCCCCCCCCCCCCCCCC(=O)OC[C@H](COP(=O)(O)OC[C@@H](O)COP(=O)(O)OC[C@@H](COC(=O)CCCCCCCCC(C)C)OC(=O)CCCCCCCCCCCCCCCCC)OC(=O)CCCCCCCCCCCCCCCCC(C)C. The summed E-state index contributed by atoms with van der Waals surface area (Å²) < 4.78 is 68.6.